The zero-order valence-electron chi connectivity index (χ0n) is 19.8. The highest BCUT2D eigenvalue weighted by Gasteiger charge is 2.26. The summed E-state index contributed by atoms with van der Waals surface area (Å²) in [6, 6.07) is 9.82. The first-order valence-electron chi connectivity index (χ1n) is 10.9. The highest BCUT2D eigenvalue weighted by Crippen LogP contribution is 2.41. The van der Waals surface area contributed by atoms with Gasteiger partial charge in [-0.2, -0.15) is 8.42 Å². The molecule has 3 rings (SSSR count). The fourth-order valence-electron chi connectivity index (χ4n) is 4.19. The summed E-state index contributed by atoms with van der Waals surface area (Å²) in [7, 11) is -4.52. The van der Waals surface area contributed by atoms with Gasteiger partial charge in [0.05, 0.1) is 0 Å². The summed E-state index contributed by atoms with van der Waals surface area (Å²) in [6.07, 6.45) is 3.39. The van der Waals surface area contributed by atoms with Crippen molar-refractivity contribution in [1.82, 2.24) is 0 Å². The van der Waals surface area contributed by atoms with E-state index < -0.39 is 10.1 Å². The van der Waals surface area contributed by atoms with Crippen LogP contribution in [0.1, 0.15) is 62.8 Å². The van der Waals surface area contributed by atoms with Crippen molar-refractivity contribution in [2.45, 2.75) is 52.4 Å². The van der Waals surface area contributed by atoms with Gasteiger partial charge in [-0.05, 0) is 89.4 Å². The molecule has 0 radical (unpaired) electrons. The Hall–Kier alpha value is -2.96. The molecule has 5 nitrogen and oxygen atoms in total. The first-order chi connectivity index (χ1) is 15.3. The highest BCUT2D eigenvalue weighted by molar-refractivity contribution is 7.86. The summed E-state index contributed by atoms with van der Waals surface area (Å²) in [5.74, 6) is 0.0999. The summed E-state index contributed by atoms with van der Waals surface area (Å²) in [5, 5.41) is 10.5. The number of carbonyl (C=O) groups excluding carboxylic acids is 1. The van der Waals surface area contributed by atoms with Crippen LogP contribution in [-0.4, -0.2) is 23.9 Å². The van der Waals surface area contributed by atoms with Gasteiger partial charge in [0.25, 0.3) is 10.1 Å². The van der Waals surface area contributed by atoms with Crippen molar-refractivity contribution in [3.63, 3.8) is 0 Å². The van der Waals surface area contributed by atoms with E-state index >= 15 is 0 Å². The zero-order valence-corrected chi connectivity index (χ0v) is 20.6. The first-order valence-corrected chi connectivity index (χ1v) is 12.4. The standard InChI is InChI=1S/C27H30O5S/c1-15(2)20-13-22(17(5)11-24(20)28)27(19-9-7-8-10-26(19)33(30,31)32)23-14-21(16(3)4)25(29)12-18(23)6/h7-16,28H,1-6H3,(H,30,31,32). The third-order valence-electron chi connectivity index (χ3n) is 5.95. The smallest absolute Gasteiger partial charge is 0.295 e. The second kappa shape index (κ2) is 9.12. The molecular formula is C27H30O5S. The van der Waals surface area contributed by atoms with Crippen LogP contribution in [0.3, 0.4) is 0 Å². The normalized spacial score (nSPS) is 16.2. The van der Waals surface area contributed by atoms with E-state index in [2.05, 4.69) is 0 Å². The van der Waals surface area contributed by atoms with E-state index in [0.717, 1.165) is 16.7 Å². The van der Waals surface area contributed by atoms with Gasteiger partial charge in [-0.15, -0.1) is 0 Å². The molecule has 6 heteroatoms. The second-order valence-electron chi connectivity index (χ2n) is 9.09. The Labute approximate surface area is 195 Å². The molecule has 0 fully saturated rings. The summed E-state index contributed by atoms with van der Waals surface area (Å²) in [6.45, 7) is 11.5. The molecule has 174 valence electrons. The van der Waals surface area contributed by atoms with E-state index in [-0.39, 0.29) is 28.3 Å². The van der Waals surface area contributed by atoms with E-state index in [4.69, 9.17) is 0 Å². The maximum atomic E-state index is 12.6. The molecule has 2 N–H and O–H groups in total. The third kappa shape index (κ3) is 4.87. The molecule has 2 aromatic carbocycles. The van der Waals surface area contributed by atoms with Crippen LogP contribution >= 0.6 is 0 Å². The van der Waals surface area contributed by atoms with Crippen LogP contribution in [-0.2, 0) is 14.9 Å². The number of carbonyl (C=O) groups is 1. The summed E-state index contributed by atoms with van der Waals surface area (Å²) >= 11 is 0. The highest BCUT2D eigenvalue weighted by atomic mass is 32.2. The lowest BCUT2D eigenvalue weighted by atomic mass is 9.81. The number of hydrogen-bond acceptors (Lipinski definition) is 4. The molecule has 1 aliphatic carbocycles. The van der Waals surface area contributed by atoms with Gasteiger partial charge in [-0.3, -0.25) is 9.35 Å². The van der Waals surface area contributed by atoms with Gasteiger partial charge < -0.3 is 5.11 Å². The Kier molecular flexibility index (Phi) is 6.82. The maximum absolute atomic E-state index is 12.6. The van der Waals surface area contributed by atoms with E-state index in [1.54, 1.807) is 30.3 Å². The predicted molar refractivity (Wildman–Crippen MR) is 131 cm³/mol. The average molecular weight is 467 g/mol. The predicted octanol–water partition coefficient (Wildman–Crippen LogP) is 5.98. The van der Waals surface area contributed by atoms with Gasteiger partial charge in [0.2, 0.25) is 0 Å². The van der Waals surface area contributed by atoms with Gasteiger partial charge >= 0.3 is 0 Å². The van der Waals surface area contributed by atoms with Crippen LogP contribution in [0, 0.1) is 12.8 Å². The largest absolute Gasteiger partial charge is 0.508 e. The number of aryl methyl sites for hydroxylation is 1. The van der Waals surface area contributed by atoms with Crippen LogP contribution in [0.15, 0.2) is 70.2 Å². The SMILES string of the molecule is CC1=CC(=O)C(C(C)C)=CC1=C(c1cc(C(C)C)c(O)cc1C)c1ccccc1S(=O)(=O)O. The summed E-state index contributed by atoms with van der Waals surface area (Å²) in [5.41, 5.74) is 5.14. The van der Waals surface area contributed by atoms with Gasteiger partial charge in [0.15, 0.2) is 5.78 Å². The van der Waals surface area contributed by atoms with Crippen molar-refractivity contribution in [1.29, 1.82) is 0 Å². The molecule has 0 spiro atoms. The summed E-state index contributed by atoms with van der Waals surface area (Å²) < 4.78 is 34.6. The quantitative estimate of drug-likeness (QED) is 0.529. The van der Waals surface area contributed by atoms with Gasteiger partial charge in [-0.1, -0.05) is 45.9 Å². The number of rotatable bonds is 5. The number of hydrogen-bond donors (Lipinski definition) is 2. The third-order valence-corrected chi connectivity index (χ3v) is 6.86. The molecule has 0 amide bonds. The number of benzene rings is 2. The molecule has 0 unspecified atom stereocenters. The van der Waals surface area contributed by atoms with Crippen LogP contribution in [0.5, 0.6) is 5.75 Å². The van der Waals surface area contributed by atoms with E-state index in [9.17, 15) is 22.9 Å². The molecule has 1 aliphatic rings. The molecule has 0 atom stereocenters. The molecule has 0 aliphatic heterocycles. The van der Waals surface area contributed by atoms with Crippen molar-refractivity contribution in [2.75, 3.05) is 0 Å². The Balaban J connectivity index is 2.54. The Morgan fingerprint density at radius 2 is 1.55 bits per heavy atom. The fourth-order valence-corrected chi connectivity index (χ4v) is 4.89. The fraction of sp³-hybridized carbons (Fsp3) is 0.296. The minimum absolute atomic E-state index is 0.0259. The lowest BCUT2D eigenvalue weighted by Crippen LogP contribution is -2.13. The number of ketones is 1. The van der Waals surface area contributed by atoms with Crippen molar-refractivity contribution < 1.29 is 22.9 Å². The molecule has 33 heavy (non-hydrogen) atoms. The molecule has 0 saturated carbocycles. The van der Waals surface area contributed by atoms with E-state index in [0.29, 0.717) is 27.9 Å². The van der Waals surface area contributed by atoms with Crippen molar-refractivity contribution in [3.8, 4) is 5.75 Å². The van der Waals surface area contributed by atoms with Crippen molar-refractivity contribution in [3.05, 3.63) is 87.5 Å². The van der Waals surface area contributed by atoms with Crippen LogP contribution in [0.4, 0.5) is 0 Å². The van der Waals surface area contributed by atoms with Crippen LogP contribution in [0.2, 0.25) is 0 Å². The maximum Gasteiger partial charge on any atom is 0.295 e. The zero-order chi connectivity index (χ0) is 24.7. The summed E-state index contributed by atoms with van der Waals surface area (Å²) in [4.78, 5) is 12.4. The minimum Gasteiger partial charge on any atom is -0.508 e. The van der Waals surface area contributed by atoms with E-state index in [1.165, 1.54) is 6.07 Å². The topological polar surface area (TPSA) is 91.7 Å². The molecule has 0 aromatic heterocycles. The number of phenolic OH excluding ortho intramolecular Hbond substituents is 1. The number of aromatic hydroxyl groups is 1. The Morgan fingerprint density at radius 1 is 0.909 bits per heavy atom. The van der Waals surface area contributed by atoms with Crippen LogP contribution < -0.4 is 0 Å². The van der Waals surface area contributed by atoms with Gasteiger partial charge in [0, 0.05) is 11.1 Å². The Morgan fingerprint density at radius 3 is 2.12 bits per heavy atom. The monoisotopic (exact) mass is 466 g/mol. The number of allylic oxidation sites excluding steroid dienone is 5. The second-order valence-corrected chi connectivity index (χ2v) is 10.5. The van der Waals surface area contributed by atoms with Crippen molar-refractivity contribution in [2.24, 2.45) is 5.92 Å². The molecule has 0 saturated heterocycles. The molecular weight excluding hydrogens is 436 g/mol. The lowest BCUT2D eigenvalue weighted by molar-refractivity contribution is -0.111. The minimum atomic E-state index is -4.52. The van der Waals surface area contributed by atoms with Gasteiger partial charge in [-0.25, -0.2) is 0 Å². The Bertz CT molecular complexity index is 1320. The molecule has 2 aromatic rings. The molecule has 0 bridgehead atoms. The first kappa shape index (κ1) is 24.7. The molecule has 0 heterocycles. The average Bonchev–Trinajstić information content (AvgIpc) is 2.70. The van der Waals surface area contributed by atoms with E-state index in [1.807, 2.05) is 53.7 Å². The van der Waals surface area contributed by atoms with Crippen molar-refractivity contribution >= 4 is 21.5 Å². The number of phenols is 1. The lowest BCUT2D eigenvalue weighted by Gasteiger charge is -2.24. The van der Waals surface area contributed by atoms with Crippen LogP contribution in [0.25, 0.3) is 5.57 Å². The van der Waals surface area contributed by atoms with Gasteiger partial charge in [0.1, 0.15) is 10.6 Å².